The first-order chi connectivity index (χ1) is 9.99. The Hall–Kier alpha value is -1.92. The average molecular weight is 314 g/mol. The fourth-order valence-corrected chi connectivity index (χ4v) is 2.14. The van der Waals surface area contributed by atoms with Crippen LogP contribution in [0.4, 0.5) is 4.39 Å². The quantitative estimate of drug-likeness (QED) is 0.864. The van der Waals surface area contributed by atoms with E-state index in [1.54, 1.807) is 0 Å². The zero-order valence-corrected chi connectivity index (χ0v) is 11.7. The molecular formula is C14H13ClFNO4. The first-order valence-electron chi connectivity index (χ1n) is 6.23. The van der Waals surface area contributed by atoms with E-state index in [0.29, 0.717) is 12.2 Å². The number of carbonyl (C=O) groups is 2. The molecule has 5 nitrogen and oxygen atoms in total. The molecule has 1 heterocycles. The van der Waals surface area contributed by atoms with Crippen LogP contribution in [0.5, 0.6) is 0 Å². The molecule has 0 radical (unpaired) electrons. The molecule has 1 aromatic carbocycles. The summed E-state index contributed by atoms with van der Waals surface area (Å²) in [4.78, 5) is 24.3. The highest BCUT2D eigenvalue weighted by Gasteiger charge is 2.31. The van der Waals surface area contributed by atoms with Gasteiger partial charge in [0, 0.05) is 12.6 Å². The second kappa shape index (κ2) is 6.69. The highest BCUT2D eigenvalue weighted by atomic mass is 35.5. The first kappa shape index (κ1) is 15.5. The Morgan fingerprint density at radius 3 is 2.90 bits per heavy atom. The summed E-state index contributed by atoms with van der Waals surface area (Å²) in [7, 11) is 0. The molecule has 1 saturated heterocycles. The predicted octanol–water partition coefficient (Wildman–Crippen LogP) is 1.80. The summed E-state index contributed by atoms with van der Waals surface area (Å²) in [6, 6.07) is 3.06. The van der Waals surface area contributed by atoms with Gasteiger partial charge in [0.25, 0.3) is 0 Å². The molecule has 7 heteroatoms. The average Bonchev–Trinajstić information content (AvgIpc) is 2.48. The molecule has 1 aliphatic heterocycles. The van der Waals surface area contributed by atoms with E-state index in [1.165, 1.54) is 35.3 Å². The lowest BCUT2D eigenvalue weighted by atomic mass is 10.2. The maximum absolute atomic E-state index is 13.0. The zero-order chi connectivity index (χ0) is 15.4. The molecule has 0 aliphatic carbocycles. The minimum absolute atomic E-state index is 0.0305. The van der Waals surface area contributed by atoms with Crippen LogP contribution in [0.1, 0.15) is 5.56 Å². The fraction of sp³-hybridized carbons (Fsp3) is 0.286. The van der Waals surface area contributed by atoms with Crippen molar-refractivity contribution < 1.29 is 23.8 Å². The van der Waals surface area contributed by atoms with Crippen molar-refractivity contribution >= 4 is 29.6 Å². The van der Waals surface area contributed by atoms with Crippen LogP contribution in [0.15, 0.2) is 24.3 Å². The zero-order valence-electron chi connectivity index (χ0n) is 11.0. The third kappa shape index (κ3) is 3.80. The summed E-state index contributed by atoms with van der Waals surface area (Å²) in [5.74, 6) is -2.09. The Balaban J connectivity index is 2.10. The molecule has 2 rings (SSSR count). The topological polar surface area (TPSA) is 66.8 Å². The van der Waals surface area contributed by atoms with Crippen LogP contribution in [0.25, 0.3) is 6.08 Å². The lowest BCUT2D eigenvalue weighted by molar-refractivity contribution is -0.156. The van der Waals surface area contributed by atoms with E-state index in [0.717, 1.165) is 0 Å². The summed E-state index contributed by atoms with van der Waals surface area (Å²) in [5.41, 5.74) is 0.551. The molecule has 112 valence electrons. The van der Waals surface area contributed by atoms with E-state index in [9.17, 15) is 14.0 Å². The maximum Gasteiger partial charge on any atom is 0.328 e. The number of halogens is 2. The van der Waals surface area contributed by atoms with Crippen molar-refractivity contribution in [1.82, 2.24) is 4.90 Å². The van der Waals surface area contributed by atoms with Gasteiger partial charge in [0.15, 0.2) is 6.04 Å². The third-order valence-electron chi connectivity index (χ3n) is 3.06. The standard InChI is InChI=1S/C14H13ClFNO4/c15-10-7-9(1-3-11(10)16)2-4-13(18)17-5-6-21-8-12(17)14(19)20/h1-4,7,12H,5-6,8H2,(H,19,20). The maximum atomic E-state index is 13.0. The summed E-state index contributed by atoms with van der Waals surface area (Å²) in [5, 5.41) is 9.01. The molecule has 1 N–H and O–H groups in total. The number of rotatable bonds is 3. The van der Waals surface area contributed by atoms with E-state index in [-0.39, 0.29) is 18.2 Å². The van der Waals surface area contributed by atoms with Crippen LogP contribution in [-0.4, -0.2) is 47.7 Å². The molecule has 1 amide bonds. The number of amides is 1. The summed E-state index contributed by atoms with van der Waals surface area (Å²) in [6.45, 7) is 0.480. The normalized spacial score (nSPS) is 19.0. The van der Waals surface area contributed by atoms with Gasteiger partial charge in [0.2, 0.25) is 5.91 Å². The molecule has 1 aliphatic rings. The van der Waals surface area contributed by atoms with Crippen LogP contribution in [0.2, 0.25) is 5.02 Å². The third-order valence-corrected chi connectivity index (χ3v) is 3.35. The molecule has 1 atom stereocenters. The van der Waals surface area contributed by atoms with Crippen molar-refractivity contribution in [2.75, 3.05) is 19.8 Å². The van der Waals surface area contributed by atoms with Crippen LogP contribution in [0.3, 0.4) is 0 Å². The van der Waals surface area contributed by atoms with Crippen molar-refractivity contribution in [3.05, 3.63) is 40.7 Å². The van der Waals surface area contributed by atoms with Crippen molar-refractivity contribution in [2.45, 2.75) is 6.04 Å². The van der Waals surface area contributed by atoms with Gasteiger partial charge in [-0.3, -0.25) is 4.79 Å². The fourth-order valence-electron chi connectivity index (χ4n) is 1.95. The molecule has 21 heavy (non-hydrogen) atoms. The Bertz CT molecular complexity index is 590. The second-order valence-electron chi connectivity index (χ2n) is 4.47. The minimum atomic E-state index is -1.11. The van der Waals surface area contributed by atoms with Gasteiger partial charge in [-0.1, -0.05) is 17.7 Å². The smallest absolute Gasteiger partial charge is 0.328 e. The summed E-state index contributed by atoms with van der Waals surface area (Å²) >= 11 is 5.64. The molecular weight excluding hydrogens is 301 g/mol. The van der Waals surface area contributed by atoms with Gasteiger partial charge in [0.05, 0.1) is 18.2 Å². The van der Waals surface area contributed by atoms with Gasteiger partial charge in [0.1, 0.15) is 5.82 Å². The molecule has 0 aromatic heterocycles. The number of carboxylic acid groups (broad SMARTS) is 1. The molecule has 0 bridgehead atoms. The molecule has 0 saturated carbocycles. The highest BCUT2D eigenvalue weighted by Crippen LogP contribution is 2.17. The van der Waals surface area contributed by atoms with Gasteiger partial charge < -0.3 is 14.7 Å². The number of hydrogen-bond donors (Lipinski definition) is 1. The van der Waals surface area contributed by atoms with Gasteiger partial charge in [-0.05, 0) is 23.8 Å². The lowest BCUT2D eigenvalue weighted by Gasteiger charge is -2.31. The number of hydrogen-bond acceptors (Lipinski definition) is 3. The van der Waals surface area contributed by atoms with E-state index >= 15 is 0 Å². The van der Waals surface area contributed by atoms with E-state index in [1.807, 2.05) is 0 Å². The van der Waals surface area contributed by atoms with Crippen LogP contribution in [-0.2, 0) is 14.3 Å². The van der Waals surface area contributed by atoms with Crippen LogP contribution >= 0.6 is 11.6 Å². The number of benzene rings is 1. The van der Waals surface area contributed by atoms with Crippen molar-refractivity contribution in [2.24, 2.45) is 0 Å². The van der Waals surface area contributed by atoms with E-state index in [4.69, 9.17) is 21.4 Å². The summed E-state index contributed by atoms with van der Waals surface area (Å²) < 4.78 is 18.1. The van der Waals surface area contributed by atoms with E-state index < -0.39 is 23.7 Å². The highest BCUT2D eigenvalue weighted by molar-refractivity contribution is 6.30. The number of nitrogens with zero attached hydrogens (tertiary/aromatic N) is 1. The van der Waals surface area contributed by atoms with Crippen molar-refractivity contribution in [1.29, 1.82) is 0 Å². The van der Waals surface area contributed by atoms with Gasteiger partial charge in [-0.2, -0.15) is 0 Å². The summed E-state index contributed by atoms with van der Waals surface area (Å²) in [6.07, 6.45) is 2.70. The molecule has 1 aromatic rings. The SMILES string of the molecule is O=C(O)C1COCCN1C(=O)C=Cc1ccc(F)c(Cl)c1. The Morgan fingerprint density at radius 2 is 2.24 bits per heavy atom. The Morgan fingerprint density at radius 1 is 1.48 bits per heavy atom. The Kier molecular flexibility index (Phi) is 4.93. The largest absolute Gasteiger partial charge is 0.480 e. The molecule has 1 fully saturated rings. The van der Waals surface area contributed by atoms with Gasteiger partial charge in [-0.15, -0.1) is 0 Å². The molecule has 1 unspecified atom stereocenters. The van der Waals surface area contributed by atoms with Crippen LogP contribution < -0.4 is 0 Å². The first-order valence-corrected chi connectivity index (χ1v) is 6.61. The monoisotopic (exact) mass is 313 g/mol. The number of aliphatic carboxylic acids is 1. The second-order valence-corrected chi connectivity index (χ2v) is 4.87. The number of ether oxygens (including phenoxy) is 1. The predicted molar refractivity (Wildman–Crippen MR) is 74.4 cm³/mol. The number of carbonyl (C=O) groups excluding carboxylic acids is 1. The van der Waals surface area contributed by atoms with Gasteiger partial charge in [-0.25, -0.2) is 9.18 Å². The van der Waals surface area contributed by atoms with Crippen LogP contribution in [0, 0.1) is 5.82 Å². The van der Waals surface area contributed by atoms with Gasteiger partial charge >= 0.3 is 5.97 Å². The van der Waals surface area contributed by atoms with E-state index in [2.05, 4.69) is 0 Å². The van der Waals surface area contributed by atoms with Crippen molar-refractivity contribution in [3.63, 3.8) is 0 Å². The number of morpholine rings is 1. The van der Waals surface area contributed by atoms with Crippen molar-refractivity contribution in [3.8, 4) is 0 Å². The Labute approximate surface area is 125 Å². The molecule has 0 spiro atoms. The number of carboxylic acids is 1. The minimum Gasteiger partial charge on any atom is -0.480 e. The lowest BCUT2D eigenvalue weighted by Crippen LogP contribution is -2.52.